The number of ether oxygens (including phenoxy) is 2. The van der Waals surface area contributed by atoms with E-state index >= 15 is 0 Å². The molecule has 6 nitrogen and oxygen atoms in total. The van der Waals surface area contributed by atoms with Gasteiger partial charge < -0.3 is 14.4 Å². The Morgan fingerprint density at radius 2 is 2.32 bits per heavy atom. The predicted octanol–water partition coefficient (Wildman–Crippen LogP) is 0.589. The van der Waals surface area contributed by atoms with Crippen molar-refractivity contribution in [2.45, 2.75) is 18.6 Å². The van der Waals surface area contributed by atoms with E-state index in [1.165, 1.54) is 5.56 Å². The van der Waals surface area contributed by atoms with Crippen LogP contribution in [0.4, 0.5) is 0 Å². The van der Waals surface area contributed by atoms with E-state index in [1.54, 1.807) is 0 Å². The van der Waals surface area contributed by atoms with Gasteiger partial charge in [-0.25, -0.2) is 0 Å². The van der Waals surface area contributed by atoms with E-state index in [4.69, 9.17) is 9.47 Å². The third kappa shape index (κ3) is 3.87. The molecule has 2 atom stereocenters. The van der Waals surface area contributed by atoms with E-state index in [9.17, 15) is 0 Å². The first-order valence-corrected chi connectivity index (χ1v) is 8.11. The number of aromatic nitrogens is 2. The molecule has 22 heavy (non-hydrogen) atoms. The molecule has 6 heteroatoms. The van der Waals surface area contributed by atoms with Crippen LogP contribution in [0, 0.1) is 5.92 Å². The molecule has 1 aromatic rings. The second-order valence-corrected chi connectivity index (χ2v) is 7.11. The van der Waals surface area contributed by atoms with Crippen LogP contribution in [-0.2, 0) is 23.1 Å². The van der Waals surface area contributed by atoms with Gasteiger partial charge in [-0.2, -0.15) is 5.10 Å². The molecule has 3 heterocycles. The second kappa shape index (κ2) is 6.66. The molecule has 0 saturated carbocycles. The summed E-state index contributed by atoms with van der Waals surface area (Å²) in [5.74, 6) is 0.608. The highest BCUT2D eigenvalue weighted by atomic mass is 16.5. The summed E-state index contributed by atoms with van der Waals surface area (Å²) in [6.07, 6.45) is 5.13. The largest absolute Gasteiger partial charge is 0.377 e. The van der Waals surface area contributed by atoms with Gasteiger partial charge in [-0.3, -0.25) is 9.58 Å². The maximum absolute atomic E-state index is 6.23. The summed E-state index contributed by atoms with van der Waals surface area (Å²) in [7, 11) is 6.22. The summed E-state index contributed by atoms with van der Waals surface area (Å²) in [6, 6.07) is 0. The smallest absolute Gasteiger partial charge is 0.104 e. The molecule has 3 rings (SSSR count). The Morgan fingerprint density at radius 1 is 1.45 bits per heavy atom. The van der Waals surface area contributed by atoms with Crippen molar-refractivity contribution in [1.82, 2.24) is 19.6 Å². The zero-order valence-corrected chi connectivity index (χ0v) is 14.0. The molecule has 0 radical (unpaired) electrons. The lowest BCUT2D eigenvalue weighted by atomic mass is 9.94. The summed E-state index contributed by atoms with van der Waals surface area (Å²) in [5, 5.41) is 4.26. The van der Waals surface area contributed by atoms with Crippen LogP contribution in [0.3, 0.4) is 0 Å². The van der Waals surface area contributed by atoms with Crippen molar-refractivity contribution in [3.8, 4) is 0 Å². The zero-order chi connectivity index (χ0) is 15.6. The lowest BCUT2D eigenvalue weighted by Crippen LogP contribution is -2.44. The summed E-state index contributed by atoms with van der Waals surface area (Å²) in [6.45, 7) is 6.27. The van der Waals surface area contributed by atoms with E-state index in [0.717, 1.165) is 52.4 Å². The van der Waals surface area contributed by atoms with Crippen LogP contribution in [0.1, 0.15) is 12.0 Å². The molecule has 0 unspecified atom stereocenters. The number of aryl methyl sites for hydroxylation is 1. The molecule has 2 aliphatic heterocycles. The first-order chi connectivity index (χ1) is 10.5. The molecular formula is C16H28N4O2. The molecule has 0 aliphatic carbocycles. The van der Waals surface area contributed by atoms with Crippen molar-refractivity contribution in [3.05, 3.63) is 18.0 Å². The second-order valence-electron chi connectivity index (χ2n) is 7.11. The van der Waals surface area contributed by atoms with Crippen LogP contribution in [0.2, 0.25) is 0 Å². The van der Waals surface area contributed by atoms with Crippen molar-refractivity contribution in [2.24, 2.45) is 13.0 Å². The summed E-state index contributed by atoms with van der Waals surface area (Å²) >= 11 is 0. The maximum Gasteiger partial charge on any atom is 0.104 e. The van der Waals surface area contributed by atoms with Gasteiger partial charge in [0.2, 0.25) is 0 Å². The minimum atomic E-state index is -0.126. The molecule has 124 valence electrons. The Bertz CT molecular complexity index is 490. The van der Waals surface area contributed by atoms with Crippen LogP contribution in [0.15, 0.2) is 12.4 Å². The van der Waals surface area contributed by atoms with Crippen molar-refractivity contribution >= 4 is 0 Å². The molecule has 2 saturated heterocycles. The topological polar surface area (TPSA) is 42.8 Å². The molecule has 0 bridgehead atoms. The Kier molecular flexibility index (Phi) is 4.82. The average Bonchev–Trinajstić information content (AvgIpc) is 2.95. The van der Waals surface area contributed by atoms with Gasteiger partial charge in [0.05, 0.1) is 26.0 Å². The van der Waals surface area contributed by atoms with Crippen molar-refractivity contribution in [3.63, 3.8) is 0 Å². The SMILES string of the molecule is CN(C)C[C@@H]1CO[C@@]2(COCCN(Cc3cnn(C)c3)C2)C1. The Balaban J connectivity index is 1.62. The first-order valence-electron chi connectivity index (χ1n) is 8.11. The number of rotatable bonds is 4. The van der Waals surface area contributed by atoms with Gasteiger partial charge >= 0.3 is 0 Å². The zero-order valence-electron chi connectivity index (χ0n) is 14.0. The standard InChI is InChI=1S/C16H28N4O2/c1-18(2)8-14-6-16(22-11-14)12-20(4-5-21-13-16)10-15-7-17-19(3)9-15/h7,9,14H,4-6,8,10-13H2,1-3H3/t14-,16+/m1/s1. The van der Waals surface area contributed by atoms with Crippen molar-refractivity contribution in [2.75, 3.05) is 53.6 Å². The Morgan fingerprint density at radius 3 is 3.05 bits per heavy atom. The normalized spacial score (nSPS) is 30.3. The molecule has 1 aromatic heterocycles. The Labute approximate surface area is 133 Å². The van der Waals surface area contributed by atoms with Crippen LogP contribution >= 0.6 is 0 Å². The average molecular weight is 308 g/mol. The highest BCUT2D eigenvalue weighted by molar-refractivity contribution is 5.04. The molecule has 0 N–H and O–H groups in total. The monoisotopic (exact) mass is 308 g/mol. The van der Waals surface area contributed by atoms with Crippen LogP contribution in [0.25, 0.3) is 0 Å². The lowest BCUT2D eigenvalue weighted by molar-refractivity contribution is -0.0563. The van der Waals surface area contributed by atoms with Crippen LogP contribution in [0.5, 0.6) is 0 Å². The van der Waals surface area contributed by atoms with E-state index < -0.39 is 0 Å². The van der Waals surface area contributed by atoms with Gasteiger partial charge in [0.15, 0.2) is 0 Å². The molecule has 2 aliphatic rings. The minimum absolute atomic E-state index is 0.126. The van der Waals surface area contributed by atoms with Crippen molar-refractivity contribution < 1.29 is 9.47 Å². The fourth-order valence-corrected chi connectivity index (χ4v) is 3.71. The van der Waals surface area contributed by atoms with Gasteiger partial charge in [0.25, 0.3) is 0 Å². The first kappa shape index (κ1) is 15.9. The molecule has 2 fully saturated rings. The third-order valence-corrected chi connectivity index (χ3v) is 4.50. The summed E-state index contributed by atoms with van der Waals surface area (Å²) < 4.78 is 14.0. The van der Waals surface area contributed by atoms with Gasteiger partial charge in [-0.05, 0) is 26.4 Å². The van der Waals surface area contributed by atoms with E-state index in [1.807, 2.05) is 17.9 Å². The molecule has 0 amide bonds. The predicted molar refractivity (Wildman–Crippen MR) is 84.6 cm³/mol. The van der Waals surface area contributed by atoms with E-state index in [2.05, 4.69) is 35.2 Å². The molecule has 0 aromatic carbocycles. The van der Waals surface area contributed by atoms with E-state index in [-0.39, 0.29) is 5.60 Å². The summed E-state index contributed by atoms with van der Waals surface area (Å²) in [4.78, 5) is 4.69. The maximum atomic E-state index is 6.23. The fourth-order valence-electron chi connectivity index (χ4n) is 3.71. The number of hydrogen-bond acceptors (Lipinski definition) is 5. The van der Waals surface area contributed by atoms with Gasteiger partial charge in [-0.1, -0.05) is 0 Å². The van der Waals surface area contributed by atoms with Crippen LogP contribution < -0.4 is 0 Å². The summed E-state index contributed by atoms with van der Waals surface area (Å²) in [5.41, 5.74) is 1.13. The lowest BCUT2D eigenvalue weighted by Gasteiger charge is -2.31. The molecular weight excluding hydrogens is 280 g/mol. The quantitative estimate of drug-likeness (QED) is 0.814. The van der Waals surface area contributed by atoms with Crippen LogP contribution in [-0.4, -0.2) is 78.7 Å². The number of nitrogens with zero attached hydrogens (tertiary/aromatic N) is 4. The highest BCUT2D eigenvalue weighted by Gasteiger charge is 2.43. The number of hydrogen-bond donors (Lipinski definition) is 0. The highest BCUT2D eigenvalue weighted by Crippen LogP contribution is 2.33. The minimum Gasteiger partial charge on any atom is -0.377 e. The Hall–Kier alpha value is -0.950. The van der Waals surface area contributed by atoms with E-state index in [0.29, 0.717) is 5.92 Å². The van der Waals surface area contributed by atoms with Gasteiger partial charge in [-0.15, -0.1) is 0 Å². The third-order valence-electron chi connectivity index (χ3n) is 4.50. The molecule has 1 spiro atoms. The van der Waals surface area contributed by atoms with Crippen molar-refractivity contribution in [1.29, 1.82) is 0 Å². The van der Waals surface area contributed by atoms with Gasteiger partial charge in [0.1, 0.15) is 5.60 Å². The van der Waals surface area contributed by atoms with Gasteiger partial charge in [0, 0.05) is 45.0 Å². The fraction of sp³-hybridized carbons (Fsp3) is 0.812.